The maximum absolute atomic E-state index is 13.8. The Kier molecular flexibility index (Phi) is 10.2. The van der Waals surface area contributed by atoms with Crippen LogP contribution in [0.25, 0.3) is 0 Å². The number of rotatable bonds is 11. The number of carbonyl (C=O) groups is 2. The zero-order chi connectivity index (χ0) is 27.9. The molecular weight excluding hydrogens is 545 g/mol. The maximum atomic E-state index is 13.8. The van der Waals surface area contributed by atoms with Crippen LogP contribution < -0.4 is 9.62 Å². The quantitative estimate of drug-likeness (QED) is 0.326. The molecule has 2 amide bonds. The predicted molar refractivity (Wildman–Crippen MR) is 152 cm³/mol. The number of carbonyl (C=O) groups excluding carboxylic acids is 2. The first-order valence-corrected chi connectivity index (χ1v) is 14.4. The van der Waals surface area contributed by atoms with Crippen LogP contribution in [0.5, 0.6) is 0 Å². The molecule has 7 nitrogen and oxygen atoms in total. The minimum Gasteiger partial charge on any atom is -0.352 e. The number of halogens is 2. The van der Waals surface area contributed by atoms with E-state index in [0.717, 1.165) is 16.3 Å². The van der Waals surface area contributed by atoms with Gasteiger partial charge in [-0.05, 0) is 56.2 Å². The van der Waals surface area contributed by atoms with Crippen molar-refractivity contribution in [2.75, 3.05) is 10.8 Å². The summed E-state index contributed by atoms with van der Waals surface area (Å²) < 4.78 is 28.5. The van der Waals surface area contributed by atoms with Gasteiger partial charge in [-0.25, -0.2) is 8.42 Å². The average molecular weight is 577 g/mol. The van der Waals surface area contributed by atoms with E-state index < -0.39 is 28.5 Å². The van der Waals surface area contributed by atoms with Gasteiger partial charge in [0.25, 0.3) is 10.0 Å². The molecule has 0 aliphatic heterocycles. The molecule has 0 heterocycles. The van der Waals surface area contributed by atoms with Crippen LogP contribution in [0.2, 0.25) is 10.0 Å². The zero-order valence-corrected chi connectivity index (χ0v) is 23.8. The van der Waals surface area contributed by atoms with Crippen LogP contribution in [0, 0.1) is 0 Å². The Balaban J connectivity index is 2.02. The van der Waals surface area contributed by atoms with Gasteiger partial charge in [0.05, 0.1) is 20.6 Å². The SMILES string of the molecule is CC[C@@H](C)NC(=O)[C@@H](C)N(Cc1ccccc1)C(=O)CN(c1ccc(Cl)c(Cl)c1)S(=O)(=O)c1ccccc1. The Morgan fingerprint density at radius 2 is 1.50 bits per heavy atom. The summed E-state index contributed by atoms with van der Waals surface area (Å²) in [7, 11) is -4.17. The lowest BCUT2D eigenvalue weighted by Gasteiger charge is -2.32. The second-order valence-corrected chi connectivity index (χ2v) is 11.6. The first-order valence-electron chi connectivity index (χ1n) is 12.2. The van der Waals surface area contributed by atoms with Gasteiger partial charge in [0.2, 0.25) is 11.8 Å². The van der Waals surface area contributed by atoms with Crippen molar-refractivity contribution < 1.29 is 18.0 Å². The first-order chi connectivity index (χ1) is 18.0. The minimum atomic E-state index is -4.17. The van der Waals surface area contributed by atoms with E-state index in [2.05, 4.69) is 5.32 Å². The van der Waals surface area contributed by atoms with E-state index in [1.807, 2.05) is 44.2 Å². The molecule has 0 saturated carbocycles. The third kappa shape index (κ3) is 7.28. The number of amides is 2. The van der Waals surface area contributed by atoms with E-state index in [-0.39, 0.29) is 39.1 Å². The number of hydrogen-bond acceptors (Lipinski definition) is 4. The summed E-state index contributed by atoms with van der Waals surface area (Å²) >= 11 is 12.3. The number of benzene rings is 3. The fraction of sp³-hybridized carbons (Fsp3) is 0.286. The van der Waals surface area contributed by atoms with Gasteiger partial charge in [0.1, 0.15) is 12.6 Å². The van der Waals surface area contributed by atoms with Crippen molar-refractivity contribution in [3.8, 4) is 0 Å². The van der Waals surface area contributed by atoms with Crippen LogP contribution in [0.15, 0.2) is 83.8 Å². The van der Waals surface area contributed by atoms with E-state index in [4.69, 9.17) is 23.2 Å². The van der Waals surface area contributed by atoms with Gasteiger partial charge in [0.15, 0.2) is 0 Å². The van der Waals surface area contributed by atoms with Crippen LogP contribution in [0.1, 0.15) is 32.8 Å². The summed E-state index contributed by atoms with van der Waals surface area (Å²) in [6, 6.07) is 20.5. The lowest BCUT2D eigenvalue weighted by molar-refractivity contribution is -0.139. The van der Waals surface area contributed by atoms with Crippen molar-refractivity contribution in [3.63, 3.8) is 0 Å². The Bertz CT molecular complexity index is 1360. The van der Waals surface area contributed by atoms with Crippen molar-refractivity contribution in [1.29, 1.82) is 0 Å². The summed E-state index contributed by atoms with van der Waals surface area (Å²) in [6.45, 7) is 5.03. The second-order valence-electron chi connectivity index (χ2n) is 8.92. The van der Waals surface area contributed by atoms with Crippen molar-refractivity contribution in [2.45, 2.75) is 50.7 Å². The molecule has 0 spiro atoms. The van der Waals surface area contributed by atoms with E-state index in [0.29, 0.717) is 0 Å². The highest BCUT2D eigenvalue weighted by Crippen LogP contribution is 2.30. The molecule has 0 unspecified atom stereocenters. The molecule has 3 rings (SSSR count). The molecule has 0 aliphatic rings. The third-order valence-corrected chi connectivity index (χ3v) is 8.69. The summed E-state index contributed by atoms with van der Waals surface area (Å²) in [5.74, 6) is -0.873. The van der Waals surface area contributed by atoms with Crippen LogP contribution in [-0.2, 0) is 26.2 Å². The van der Waals surface area contributed by atoms with E-state index in [1.165, 1.54) is 35.2 Å². The number of anilines is 1. The third-order valence-electron chi connectivity index (χ3n) is 6.17. The number of hydrogen-bond donors (Lipinski definition) is 1. The van der Waals surface area contributed by atoms with Gasteiger partial charge in [-0.1, -0.05) is 78.7 Å². The van der Waals surface area contributed by atoms with E-state index in [1.54, 1.807) is 25.1 Å². The monoisotopic (exact) mass is 575 g/mol. The number of sulfonamides is 1. The molecule has 0 radical (unpaired) electrons. The molecule has 0 saturated heterocycles. The number of nitrogens with one attached hydrogen (secondary N) is 1. The van der Waals surface area contributed by atoms with Gasteiger partial charge in [-0.2, -0.15) is 0 Å². The zero-order valence-electron chi connectivity index (χ0n) is 21.5. The fourth-order valence-corrected chi connectivity index (χ4v) is 5.44. The van der Waals surface area contributed by atoms with Crippen molar-refractivity contribution >= 4 is 50.7 Å². The molecule has 0 aliphatic carbocycles. The van der Waals surface area contributed by atoms with Gasteiger partial charge in [-0.3, -0.25) is 13.9 Å². The van der Waals surface area contributed by atoms with Crippen LogP contribution in [-0.4, -0.2) is 43.8 Å². The fourth-order valence-electron chi connectivity index (χ4n) is 3.72. The van der Waals surface area contributed by atoms with Crippen LogP contribution >= 0.6 is 23.2 Å². The second kappa shape index (κ2) is 13.1. The summed E-state index contributed by atoms with van der Waals surface area (Å²) in [4.78, 5) is 28.3. The minimum absolute atomic E-state index is 0.0102. The molecule has 202 valence electrons. The highest BCUT2D eigenvalue weighted by Gasteiger charge is 2.33. The molecule has 3 aromatic rings. The molecule has 1 N–H and O–H groups in total. The molecule has 10 heteroatoms. The molecule has 3 aromatic carbocycles. The molecule has 2 atom stereocenters. The number of nitrogens with zero attached hydrogens (tertiary/aromatic N) is 2. The van der Waals surface area contributed by atoms with E-state index >= 15 is 0 Å². The Hall–Kier alpha value is -3.07. The Morgan fingerprint density at radius 1 is 0.895 bits per heavy atom. The lowest BCUT2D eigenvalue weighted by Crippen LogP contribution is -2.52. The average Bonchev–Trinajstić information content (AvgIpc) is 2.92. The van der Waals surface area contributed by atoms with Crippen molar-refractivity contribution in [3.05, 3.63) is 94.5 Å². The lowest BCUT2D eigenvalue weighted by atomic mass is 10.1. The van der Waals surface area contributed by atoms with Crippen LogP contribution in [0.3, 0.4) is 0 Å². The largest absolute Gasteiger partial charge is 0.352 e. The highest BCUT2D eigenvalue weighted by atomic mass is 35.5. The van der Waals surface area contributed by atoms with Gasteiger partial charge >= 0.3 is 0 Å². The summed E-state index contributed by atoms with van der Waals surface area (Å²) in [5, 5.41) is 3.30. The summed E-state index contributed by atoms with van der Waals surface area (Å²) in [5.41, 5.74) is 0.976. The van der Waals surface area contributed by atoms with Gasteiger partial charge in [-0.15, -0.1) is 0 Å². The Morgan fingerprint density at radius 3 is 2.08 bits per heavy atom. The van der Waals surface area contributed by atoms with Crippen molar-refractivity contribution in [2.24, 2.45) is 0 Å². The molecule has 0 fully saturated rings. The molecule has 0 aromatic heterocycles. The van der Waals surface area contributed by atoms with Crippen LogP contribution in [0.4, 0.5) is 5.69 Å². The maximum Gasteiger partial charge on any atom is 0.264 e. The van der Waals surface area contributed by atoms with E-state index in [9.17, 15) is 18.0 Å². The molecular formula is C28H31Cl2N3O4S. The Labute approximate surface area is 234 Å². The summed E-state index contributed by atoms with van der Waals surface area (Å²) in [6.07, 6.45) is 0.728. The van der Waals surface area contributed by atoms with Crippen molar-refractivity contribution in [1.82, 2.24) is 10.2 Å². The first kappa shape index (κ1) is 29.5. The highest BCUT2D eigenvalue weighted by molar-refractivity contribution is 7.92. The van der Waals surface area contributed by atoms with Gasteiger partial charge < -0.3 is 10.2 Å². The van der Waals surface area contributed by atoms with Gasteiger partial charge in [0, 0.05) is 12.6 Å². The molecule has 0 bridgehead atoms. The standard InChI is InChI=1S/C28H31Cl2N3O4S/c1-4-20(2)31-28(35)21(3)32(18-22-11-7-5-8-12-22)27(34)19-33(23-15-16-25(29)26(30)17-23)38(36,37)24-13-9-6-10-14-24/h5-17,20-21H,4,18-19H2,1-3H3,(H,31,35)/t20-,21-/m1/s1. The normalized spacial score (nSPS) is 12.9. The predicted octanol–water partition coefficient (Wildman–Crippen LogP) is 5.52. The topological polar surface area (TPSA) is 86.8 Å². The smallest absolute Gasteiger partial charge is 0.264 e. The molecule has 38 heavy (non-hydrogen) atoms.